The first-order valence-electron chi connectivity index (χ1n) is 6.83. The number of rotatable bonds is 3. The monoisotopic (exact) mass is 560 g/mol. The Morgan fingerprint density at radius 1 is 0.515 bits per heavy atom. The third-order valence-corrected chi connectivity index (χ3v) is 3.90. The number of hydrogen-bond acceptors (Lipinski definition) is 0. The van der Waals surface area contributed by atoms with E-state index in [-0.39, 0.29) is 0 Å². The molecule has 0 N–H and O–H groups in total. The maximum atomic E-state index is 14.0. The predicted molar refractivity (Wildman–Crippen MR) is 64.7 cm³/mol. The van der Waals surface area contributed by atoms with Gasteiger partial charge in [-0.3, -0.25) is 0 Å². The average molecular weight is 561 g/mol. The second kappa shape index (κ2) is 8.54. The highest BCUT2D eigenvalue weighted by Gasteiger charge is 2.76. The summed E-state index contributed by atoms with van der Waals surface area (Å²) in [6.45, 7) is 0. The van der Waals surface area contributed by atoms with E-state index in [0.29, 0.717) is 0 Å². The van der Waals surface area contributed by atoms with Crippen molar-refractivity contribution >= 4 is 11.6 Å². The Kier molecular flexibility index (Phi) is 8.12. The standard InChI is InChI=1S/C12HClF20/c13-6(11(28,29)30,12(31,32)33)1(2(14)4(7(16,17)18)8(19,20)21)3(15)5(9(22,23)24)10(25,26)27/h4H/b2-1-. The Labute approximate surface area is 171 Å². The number of allylic oxidation sites excluding steroid dienone is 4. The first-order chi connectivity index (χ1) is 13.9. The Bertz CT molecular complexity index is 731. The van der Waals surface area contributed by atoms with Crippen LogP contribution < -0.4 is 0 Å². The molecule has 0 saturated carbocycles. The summed E-state index contributed by atoms with van der Waals surface area (Å²) in [5, 5.41) is 0. The molecule has 0 spiro atoms. The SMILES string of the molecule is FC(=C(C(F)(F)F)C(F)(F)F)/C(=C(/F)C(C(F)(F)F)C(F)(F)F)C(Cl)(C(F)(F)F)C(F)(F)F. The van der Waals surface area contributed by atoms with Crippen LogP contribution in [0.25, 0.3) is 0 Å². The Hall–Kier alpha value is -1.63. The maximum absolute atomic E-state index is 14.0. The van der Waals surface area contributed by atoms with Crippen molar-refractivity contribution in [2.24, 2.45) is 5.92 Å². The molecule has 0 rings (SSSR count). The minimum atomic E-state index is -7.71. The Morgan fingerprint density at radius 3 is 0.970 bits per heavy atom. The van der Waals surface area contributed by atoms with Gasteiger partial charge < -0.3 is 0 Å². The third-order valence-electron chi connectivity index (χ3n) is 3.28. The van der Waals surface area contributed by atoms with Crippen molar-refractivity contribution in [2.45, 2.75) is 41.9 Å². The summed E-state index contributed by atoms with van der Waals surface area (Å²) in [7, 11) is 0. The Balaban J connectivity index is 8.34. The fraction of sp³-hybridized carbons (Fsp3) is 0.667. The lowest BCUT2D eigenvalue weighted by molar-refractivity contribution is -0.279. The molecule has 0 aromatic carbocycles. The van der Waals surface area contributed by atoms with Crippen molar-refractivity contribution in [1.82, 2.24) is 0 Å². The lowest BCUT2D eigenvalue weighted by atomic mass is 9.88. The van der Waals surface area contributed by atoms with Crippen LogP contribution in [0.15, 0.2) is 22.8 Å². The predicted octanol–water partition coefficient (Wildman–Crippen LogP) is 8.40. The lowest BCUT2D eigenvalue weighted by Gasteiger charge is -2.35. The molecule has 0 aromatic rings. The summed E-state index contributed by atoms with van der Waals surface area (Å²) in [5.74, 6) is -16.5. The molecule has 0 radical (unpaired) electrons. The highest BCUT2D eigenvalue weighted by Crippen LogP contribution is 2.59. The van der Waals surface area contributed by atoms with Gasteiger partial charge in [0.1, 0.15) is 11.7 Å². The second-order valence-corrected chi connectivity index (χ2v) is 6.14. The summed E-state index contributed by atoms with van der Waals surface area (Å²) in [6, 6.07) is 0. The van der Waals surface area contributed by atoms with E-state index in [1.54, 1.807) is 0 Å². The molecule has 0 nitrogen and oxygen atoms in total. The molecule has 0 heterocycles. The number of alkyl halides is 19. The van der Waals surface area contributed by atoms with Gasteiger partial charge in [0.2, 0.25) is 5.92 Å². The van der Waals surface area contributed by atoms with Crippen LogP contribution in [-0.2, 0) is 0 Å². The largest absolute Gasteiger partial charge is 0.424 e. The maximum Gasteiger partial charge on any atom is 0.424 e. The first-order valence-corrected chi connectivity index (χ1v) is 7.21. The fourth-order valence-electron chi connectivity index (χ4n) is 2.02. The smallest absolute Gasteiger partial charge is 0.210 e. The molecule has 0 bridgehead atoms. The first kappa shape index (κ1) is 31.4. The van der Waals surface area contributed by atoms with E-state index in [1.807, 2.05) is 0 Å². The lowest BCUT2D eigenvalue weighted by Crippen LogP contribution is -2.55. The molecule has 21 heteroatoms. The van der Waals surface area contributed by atoms with Gasteiger partial charge in [-0.05, 0) is 0 Å². The van der Waals surface area contributed by atoms with Crippen LogP contribution in [0, 0.1) is 5.92 Å². The molecule has 196 valence electrons. The molecule has 0 saturated heterocycles. The van der Waals surface area contributed by atoms with Crippen LogP contribution >= 0.6 is 11.6 Å². The summed E-state index contributed by atoms with van der Waals surface area (Å²) in [4.78, 5) is -7.29. The minimum absolute atomic E-state index is 3.84. The van der Waals surface area contributed by atoms with E-state index in [9.17, 15) is 87.8 Å². The molecule has 0 fully saturated rings. The van der Waals surface area contributed by atoms with Gasteiger partial charge >= 0.3 is 37.1 Å². The van der Waals surface area contributed by atoms with E-state index >= 15 is 0 Å². The van der Waals surface area contributed by atoms with Crippen LogP contribution in [0.1, 0.15) is 0 Å². The van der Waals surface area contributed by atoms with Crippen LogP contribution in [0.3, 0.4) is 0 Å². The zero-order chi connectivity index (χ0) is 27.4. The van der Waals surface area contributed by atoms with Gasteiger partial charge in [0.05, 0.1) is 5.57 Å². The summed E-state index contributed by atoms with van der Waals surface area (Å²) < 4.78 is 256. The molecule has 0 aromatic heterocycles. The van der Waals surface area contributed by atoms with Crippen LogP contribution in [0.2, 0.25) is 0 Å². The van der Waals surface area contributed by atoms with Crippen molar-refractivity contribution in [2.75, 3.05) is 0 Å². The molecular weight excluding hydrogens is 560 g/mol. The van der Waals surface area contributed by atoms with Gasteiger partial charge in [-0.1, -0.05) is 11.6 Å². The van der Waals surface area contributed by atoms with Crippen LogP contribution in [-0.4, -0.2) is 41.9 Å². The second-order valence-electron chi connectivity index (χ2n) is 5.58. The zero-order valence-corrected chi connectivity index (χ0v) is 14.8. The minimum Gasteiger partial charge on any atom is -0.210 e. The van der Waals surface area contributed by atoms with Gasteiger partial charge in [-0.25, -0.2) is 8.78 Å². The van der Waals surface area contributed by atoms with Gasteiger partial charge in [0.25, 0.3) is 4.87 Å². The average Bonchev–Trinajstić information content (AvgIpc) is 2.37. The van der Waals surface area contributed by atoms with Crippen molar-refractivity contribution in [1.29, 1.82) is 0 Å². The normalized spacial score (nSPS) is 16.2. The summed E-state index contributed by atoms with van der Waals surface area (Å²) >= 11 is 3.84. The van der Waals surface area contributed by atoms with Crippen molar-refractivity contribution in [3.05, 3.63) is 22.8 Å². The molecule has 0 aliphatic carbocycles. The molecule has 0 atom stereocenters. The zero-order valence-electron chi connectivity index (χ0n) is 14.0. The molecule has 33 heavy (non-hydrogen) atoms. The highest BCUT2D eigenvalue weighted by molar-refractivity contribution is 6.27. The van der Waals surface area contributed by atoms with E-state index in [4.69, 9.17) is 0 Å². The van der Waals surface area contributed by atoms with Gasteiger partial charge in [-0.2, -0.15) is 79.0 Å². The third kappa shape index (κ3) is 6.28. The van der Waals surface area contributed by atoms with Crippen LogP contribution in [0.5, 0.6) is 0 Å². The molecule has 0 unspecified atom stereocenters. The van der Waals surface area contributed by atoms with E-state index < -0.39 is 70.6 Å². The molecular formula is C12HClF20. The fourth-order valence-corrected chi connectivity index (χ4v) is 2.19. The number of halogens is 21. The van der Waals surface area contributed by atoms with Crippen molar-refractivity contribution in [3.63, 3.8) is 0 Å². The summed E-state index contributed by atoms with van der Waals surface area (Å²) in [6.07, 6.45) is -45.0. The van der Waals surface area contributed by atoms with Crippen molar-refractivity contribution < 1.29 is 87.8 Å². The van der Waals surface area contributed by atoms with E-state index in [0.717, 1.165) is 0 Å². The van der Waals surface area contributed by atoms with Gasteiger partial charge in [0, 0.05) is 0 Å². The molecule has 0 amide bonds. The van der Waals surface area contributed by atoms with E-state index in [1.165, 1.54) is 0 Å². The van der Waals surface area contributed by atoms with Crippen molar-refractivity contribution in [3.8, 4) is 0 Å². The summed E-state index contributed by atoms with van der Waals surface area (Å²) in [5.41, 5.74) is -10.2. The molecule has 0 aliphatic heterocycles. The van der Waals surface area contributed by atoms with E-state index in [2.05, 4.69) is 11.6 Å². The van der Waals surface area contributed by atoms with Crippen LogP contribution in [0.4, 0.5) is 87.8 Å². The highest BCUT2D eigenvalue weighted by atomic mass is 35.5. The molecule has 0 aliphatic rings. The number of hydrogen-bond donors (Lipinski definition) is 0. The van der Waals surface area contributed by atoms with Gasteiger partial charge in [-0.15, -0.1) is 0 Å². The topological polar surface area (TPSA) is 0 Å². The quantitative estimate of drug-likeness (QED) is 0.185. The van der Waals surface area contributed by atoms with Gasteiger partial charge in [0.15, 0.2) is 5.57 Å². The Morgan fingerprint density at radius 2 is 0.788 bits per heavy atom.